The minimum atomic E-state index is -0.774. The lowest BCUT2D eigenvalue weighted by Gasteiger charge is -2.22. The van der Waals surface area contributed by atoms with Gasteiger partial charge in [0.2, 0.25) is 5.88 Å². The van der Waals surface area contributed by atoms with Crippen molar-refractivity contribution in [3.63, 3.8) is 0 Å². The van der Waals surface area contributed by atoms with Crippen LogP contribution in [0.25, 0.3) is 11.0 Å². The summed E-state index contributed by atoms with van der Waals surface area (Å²) in [6.07, 6.45) is -0.0140. The molecular formula is C22H25ClFN3O5. The van der Waals surface area contributed by atoms with Gasteiger partial charge >= 0.3 is 12.2 Å². The molecule has 0 spiro atoms. The molecule has 32 heavy (non-hydrogen) atoms. The van der Waals surface area contributed by atoms with Gasteiger partial charge in [0.25, 0.3) is 0 Å². The van der Waals surface area contributed by atoms with Gasteiger partial charge in [-0.1, -0.05) is 25.4 Å². The number of pyridine rings is 1. The Hall–Kier alpha value is -3.33. The van der Waals surface area contributed by atoms with Gasteiger partial charge in [-0.2, -0.15) is 0 Å². The molecule has 0 saturated carbocycles. The van der Waals surface area contributed by atoms with E-state index in [4.69, 9.17) is 25.5 Å². The minimum absolute atomic E-state index is 0.0620. The molecule has 172 valence electrons. The molecule has 0 aliphatic carbocycles. The summed E-state index contributed by atoms with van der Waals surface area (Å²) in [4.78, 5) is 30.3. The molecule has 0 aliphatic rings. The van der Waals surface area contributed by atoms with E-state index in [0.717, 1.165) is 11.0 Å². The first kappa shape index (κ1) is 24.9. The van der Waals surface area contributed by atoms with Crippen molar-refractivity contribution in [3.05, 3.63) is 47.0 Å². The fraction of sp³-hybridized carbons (Fsp3) is 0.318. The molecule has 0 fully saturated rings. The molecule has 2 amide bonds. The summed E-state index contributed by atoms with van der Waals surface area (Å²) in [6, 6.07) is 5.38. The number of rotatable bonds is 5. The number of halogens is 2. The average Bonchev–Trinajstić information content (AvgIpc) is 3.12. The van der Waals surface area contributed by atoms with Gasteiger partial charge in [-0.3, -0.25) is 10.3 Å². The number of nitrogens with one attached hydrogen (secondary N) is 1. The molecule has 1 aromatic carbocycles. The first-order valence-corrected chi connectivity index (χ1v) is 10.5. The maximum atomic E-state index is 13.7. The molecule has 2 aromatic heterocycles. The summed E-state index contributed by atoms with van der Waals surface area (Å²) in [7, 11) is 0. The van der Waals surface area contributed by atoms with Crippen LogP contribution in [-0.2, 0) is 9.47 Å². The zero-order chi connectivity index (χ0) is 23.8. The van der Waals surface area contributed by atoms with Gasteiger partial charge in [0.15, 0.2) is 5.58 Å². The van der Waals surface area contributed by atoms with Crippen LogP contribution in [0.15, 0.2) is 34.9 Å². The van der Waals surface area contributed by atoms with Crippen LogP contribution < -0.4 is 10.2 Å². The number of hydrogen-bond acceptors (Lipinski definition) is 6. The van der Waals surface area contributed by atoms with Gasteiger partial charge in [0, 0.05) is 6.20 Å². The highest BCUT2D eigenvalue weighted by Crippen LogP contribution is 2.43. The molecule has 0 saturated heterocycles. The SMILES string of the molecule is CC.CCOC(=O)Nc1oc2c(C)nccc2c1N(C(=O)OCC)c1ccc(F)c(Cl)c1. The van der Waals surface area contributed by atoms with Crippen LogP contribution in [0.3, 0.4) is 0 Å². The number of carbonyl (C=O) groups excluding carboxylic acids is 2. The predicted molar refractivity (Wildman–Crippen MR) is 121 cm³/mol. The average molecular weight is 466 g/mol. The number of benzene rings is 1. The van der Waals surface area contributed by atoms with Gasteiger partial charge < -0.3 is 13.9 Å². The molecule has 10 heteroatoms. The quantitative estimate of drug-likeness (QED) is 0.444. The largest absolute Gasteiger partial charge is 0.450 e. The van der Waals surface area contributed by atoms with Crippen molar-refractivity contribution in [2.75, 3.05) is 23.4 Å². The number of nitrogens with zero attached hydrogens (tertiary/aromatic N) is 2. The monoisotopic (exact) mass is 465 g/mol. The van der Waals surface area contributed by atoms with E-state index in [1.54, 1.807) is 26.8 Å². The summed E-state index contributed by atoms with van der Waals surface area (Å²) in [5, 5.41) is 2.78. The van der Waals surface area contributed by atoms with E-state index in [9.17, 15) is 14.0 Å². The maximum absolute atomic E-state index is 13.7. The lowest BCUT2D eigenvalue weighted by atomic mass is 10.2. The first-order chi connectivity index (χ1) is 15.4. The molecule has 3 aromatic rings. The Morgan fingerprint density at radius 2 is 1.88 bits per heavy atom. The Kier molecular flexibility index (Phi) is 8.83. The maximum Gasteiger partial charge on any atom is 0.419 e. The number of aryl methyl sites for hydroxylation is 1. The predicted octanol–water partition coefficient (Wildman–Crippen LogP) is 6.82. The second-order valence-corrected chi connectivity index (χ2v) is 6.44. The smallest absolute Gasteiger partial charge is 0.419 e. The number of aromatic nitrogens is 1. The topological polar surface area (TPSA) is 93.9 Å². The second-order valence-electron chi connectivity index (χ2n) is 6.03. The normalized spacial score (nSPS) is 10.2. The molecule has 0 unspecified atom stereocenters. The van der Waals surface area contributed by atoms with Gasteiger partial charge in [-0.05, 0) is 45.0 Å². The standard InChI is InChI=1S/C20H19ClFN3O5.C2H6/c1-4-28-19(26)24-18-16(13-8-9-23-11(3)17(13)30-18)25(20(27)29-5-2)12-6-7-15(22)14(21)10-12;1-2/h6-10H,4-5H2,1-3H3,(H,24,26);1-2H3. The number of fused-ring (bicyclic) bond motifs is 1. The Bertz CT molecular complexity index is 1100. The van der Waals surface area contributed by atoms with E-state index in [1.807, 2.05) is 13.8 Å². The van der Waals surface area contributed by atoms with Crippen LogP contribution in [0.4, 0.5) is 31.2 Å². The van der Waals surface area contributed by atoms with Crippen LogP contribution >= 0.6 is 11.6 Å². The molecular weight excluding hydrogens is 441 g/mol. The number of amides is 2. The highest BCUT2D eigenvalue weighted by molar-refractivity contribution is 6.31. The number of furan rings is 1. The summed E-state index contributed by atoms with van der Waals surface area (Å²) < 4.78 is 29.6. The summed E-state index contributed by atoms with van der Waals surface area (Å²) >= 11 is 5.93. The summed E-state index contributed by atoms with van der Waals surface area (Å²) in [5.41, 5.74) is 1.27. The molecule has 2 heterocycles. The van der Waals surface area contributed by atoms with Crippen molar-refractivity contribution < 1.29 is 27.9 Å². The third kappa shape index (κ3) is 5.28. The van der Waals surface area contributed by atoms with Crippen LogP contribution in [0.5, 0.6) is 0 Å². The van der Waals surface area contributed by atoms with Crippen molar-refractivity contribution in [2.24, 2.45) is 0 Å². The fourth-order valence-electron chi connectivity index (χ4n) is 2.85. The molecule has 1 N–H and O–H groups in total. The third-order valence-corrected chi connectivity index (χ3v) is 4.37. The van der Waals surface area contributed by atoms with Gasteiger partial charge in [0.05, 0.1) is 35.0 Å². The molecule has 0 aliphatic heterocycles. The van der Waals surface area contributed by atoms with Crippen molar-refractivity contribution in [2.45, 2.75) is 34.6 Å². The molecule has 3 rings (SSSR count). The third-order valence-electron chi connectivity index (χ3n) is 4.08. The summed E-state index contributed by atoms with van der Waals surface area (Å²) in [5.74, 6) is -0.709. The van der Waals surface area contributed by atoms with Crippen molar-refractivity contribution in [1.82, 2.24) is 4.98 Å². The lowest BCUT2D eigenvalue weighted by Crippen LogP contribution is -2.28. The first-order valence-electron chi connectivity index (χ1n) is 10.1. The molecule has 8 nitrogen and oxygen atoms in total. The Balaban J connectivity index is 0.00000176. The van der Waals surface area contributed by atoms with Crippen LogP contribution in [0.2, 0.25) is 5.02 Å². The highest BCUT2D eigenvalue weighted by Gasteiger charge is 2.30. The van der Waals surface area contributed by atoms with Crippen LogP contribution in [0.1, 0.15) is 33.4 Å². The van der Waals surface area contributed by atoms with E-state index in [1.165, 1.54) is 18.3 Å². The Labute approximate surface area is 190 Å². The van der Waals surface area contributed by atoms with Gasteiger partial charge in [-0.15, -0.1) is 0 Å². The van der Waals surface area contributed by atoms with E-state index in [2.05, 4.69) is 10.3 Å². The zero-order valence-corrected chi connectivity index (χ0v) is 19.2. The number of ether oxygens (including phenoxy) is 2. The number of carbonyl (C=O) groups is 2. The second kappa shape index (κ2) is 11.3. The molecule has 0 atom stereocenters. The molecule has 0 bridgehead atoms. The minimum Gasteiger partial charge on any atom is -0.450 e. The van der Waals surface area contributed by atoms with Crippen molar-refractivity contribution in [1.29, 1.82) is 0 Å². The van der Waals surface area contributed by atoms with E-state index in [0.29, 0.717) is 16.7 Å². The Morgan fingerprint density at radius 3 is 2.50 bits per heavy atom. The zero-order valence-electron chi connectivity index (χ0n) is 18.5. The van der Waals surface area contributed by atoms with Crippen LogP contribution in [0, 0.1) is 12.7 Å². The highest BCUT2D eigenvalue weighted by atomic mass is 35.5. The Morgan fingerprint density at radius 1 is 1.19 bits per heavy atom. The van der Waals surface area contributed by atoms with Gasteiger partial charge in [0.1, 0.15) is 11.5 Å². The van der Waals surface area contributed by atoms with Crippen molar-refractivity contribution in [3.8, 4) is 0 Å². The van der Waals surface area contributed by atoms with Gasteiger partial charge in [-0.25, -0.2) is 18.9 Å². The van der Waals surface area contributed by atoms with E-state index >= 15 is 0 Å². The van der Waals surface area contributed by atoms with Crippen LogP contribution in [-0.4, -0.2) is 30.4 Å². The molecule has 0 radical (unpaired) electrons. The lowest BCUT2D eigenvalue weighted by molar-refractivity contribution is 0.162. The van der Waals surface area contributed by atoms with Crippen molar-refractivity contribution >= 4 is 52.0 Å². The number of hydrogen-bond donors (Lipinski definition) is 1. The number of anilines is 3. The van der Waals surface area contributed by atoms with E-state index in [-0.39, 0.29) is 35.5 Å². The fourth-order valence-corrected chi connectivity index (χ4v) is 3.02. The summed E-state index contributed by atoms with van der Waals surface area (Å²) in [6.45, 7) is 9.23. The van der Waals surface area contributed by atoms with E-state index < -0.39 is 18.0 Å².